The number of carbonyl (C=O) groups excluding carboxylic acids is 1. The molecule has 2 aliphatic rings. The molecule has 1 aliphatic heterocycles. The summed E-state index contributed by atoms with van der Waals surface area (Å²) in [5, 5.41) is 6.38. The molecule has 1 saturated carbocycles. The summed E-state index contributed by atoms with van der Waals surface area (Å²) in [5.41, 5.74) is 1.12. The largest absolute Gasteiger partial charge is 0.480 e. The number of nitrogens with one attached hydrogen (secondary N) is 2. The van der Waals surface area contributed by atoms with Crippen molar-refractivity contribution in [2.24, 2.45) is 0 Å². The first-order valence-corrected chi connectivity index (χ1v) is 7.08. The molecule has 1 aromatic carbocycles. The third-order valence-corrected chi connectivity index (χ3v) is 3.60. The van der Waals surface area contributed by atoms with E-state index in [0.29, 0.717) is 6.42 Å². The number of fused-ring (bicyclic) bond motifs is 1. The molecule has 19 heavy (non-hydrogen) atoms. The van der Waals surface area contributed by atoms with Gasteiger partial charge in [0.2, 0.25) is 0 Å². The summed E-state index contributed by atoms with van der Waals surface area (Å²) >= 11 is 0. The molecule has 1 unspecified atom stereocenters. The van der Waals surface area contributed by atoms with Gasteiger partial charge in [0.05, 0.1) is 0 Å². The van der Waals surface area contributed by atoms with Crippen LogP contribution in [-0.4, -0.2) is 31.1 Å². The normalized spacial score (nSPS) is 20.7. The van der Waals surface area contributed by atoms with E-state index in [1.807, 2.05) is 24.3 Å². The number of carbonyl (C=O) groups is 1. The molecule has 2 N–H and O–H groups in total. The van der Waals surface area contributed by atoms with Gasteiger partial charge in [0.15, 0.2) is 6.10 Å². The van der Waals surface area contributed by atoms with Crippen LogP contribution < -0.4 is 15.4 Å². The molecule has 0 aromatic heterocycles. The zero-order valence-electron chi connectivity index (χ0n) is 11.0. The Labute approximate surface area is 113 Å². The van der Waals surface area contributed by atoms with Crippen LogP contribution in [0.2, 0.25) is 0 Å². The minimum absolute atomic E-state index is 0.00243. The van der Waals surface area contributed by atoms with Crippen molar-refractivity contribution >= 4 is 5.91 Å². The van der Waals surface area contributed by atoms with Crippen molar-refractivity contribution in [3.63, 3.8) is 0 Å². The molecule has 1 aliphatic carbocycles. The van der Waals surface area contributed by atoms with Gasteiger partial charge >= 0.3 is 0 Å². The van der Waals surface area contributed by atoms with Gasteiger partial charge in [-0.15, -0.1) is 0 Å². The Kier molecular flexibility index (Phi) is 3.69. The number of ether oxygens (including phenoxy) is 1. The average Bonchev–Trinajstić information content (AvgIpc) is 3.14. The summed E-state index contributed by atoms with van der Waals surface area (Å²) in [6, 6.07) is 8.59. The molecular weight excluding hydrogens is 240 g/mol. The summed E-state index contributed by atoms with van der Waals surface area (Å²) in [6.07, 6.45) is 3.92. The Bertz CT molecular complexity index is 432. The third-order valence-electron chi connectivity index (χ3n) is 3.60. The molecule has 0 saturated heterocycles. The van der Waals surface area contributed by atoms with E-state index in [2.05, 4.69) is 10.6 Å². The Morgan fingerprint density at radius 2 is 2.11 bits per heavy atom. The lowest BCUT2D eigenvalue weighted by atomic mass is 10.1. The SMILES string of the molecule is O=C(NCCCNC1CC1)C1Cc2ccccc2O1. The molecule has 0 bridgehead atoms. The van der Waals surface area contributed by atoms with Gasteiger partial charge in [-0.05, 0) is 37.4 Å². The van der Waals surface area contributed by atoms with Crippen molar-refractivity contribution < 1.29 is 9.53 Å². The van der Waals surface area contributed by atoms with Gasteiger partial charge in [-0.1, -0.05) is 18.2 Å². The third kappa shape index (κ3) is 3.26. The highest BCUT2D eigenvalue weighted by molar-refractivity contribution is 5.82. The highest BCUT2D eigenvalue weighted by Gasteiger charge is 2.28. The lowest BCUT2D eigenvalue weighted by molar-refractivity contribution is -0.127. The molecule has 4 nitrogen and oxygen atoms in total. The predicted molar refractivity (Wildman–Crippen MR) is 73.2 cm³/mol. The van der Waals surface area contributed by atoms with E-state index in [4.69, 9.17) is 4.74 Å². The van der Waals surface area contributed by atoms with Crippen LogP contribution in [0, 0.1) is 0 Å². The summed E-state index contributed by atoms with van der Waals surface area (Å²) < 4.78 is 5.65. The van der Waals surface area contributed by atoms with Gasteiger partial charge in [-0.3, -0.25) is 4.79 Å². The van der Waals surface area contributed by atoms with Crippen molar-refractivity contribution in [3.05, 3.63) is 29.8 Å². The Morgan fingerprint density at radius 1 is 1.26 bits per heavy atom. The molecule has 1 aromatic rings. The smallest absolute Gasteiger partial charge is 0.261 e. The fraction of sp³-hybridized carbons (Fsp3) is 0.533. The first-order chi connectivity index (χ1) is 9.33. The molecule has 3 rings (SSSR count). The second-order valence-electron chi connectivity index (χ2n) is 5.29. The number of para-hydroxylation sites is 1. The van der Waals surface area contributed by atoms with Gasteiger partial charge in [0.25, 0.3) is 5.91 Å². The van der Waals surface area contributed by atoms with Crippen LogP contribution in [-0.2, 0) is 11.2 Å². The highest BCUT2D eigenvalue weighted by Crippen LogP contribution is 2.28. The lowest BCUT2D eigenvalue weighted by Crippen LogP contribution is -2.38. The number of hydrogen-bond acceptors (Lipinski definition) is 3. The monoisotopic (exact) mass is 260 g/mol. The quantitative estimate of drug-likeness (QED) is 0.757. The van der Waals surface area contributed by atoms with E-state index in [1.54, 1.807) is 0 Å². The van der Waals surface area contributed by atoms with Gasteiger partial charge in [0, 0.05) is 19.0 Å². The Hall–Kier alpha value is -1.55. The van der Waals surface area contributed by atoms with Gasteiger partial charge in [-0.2, -0.15) is 0 Å². The number of rotatable bonds is 6. The van der Waals surface area contributed by atoms with E-state index in [0.717, 1.165) is 36.9 Å². The molecule has 4 heteroatoms. The maximum atomic E-state index is 12.0. The lowest BCUT2D eigenvalue weighted by Gasteiger charge is -2.11. The van der Waals surface area contributed by atoms with Gasteiger partial charge < -0.3 is 15.4 Å². The zero-order chi connectivity index (χ0) is 13.1. The van der Waals surface area contributed by atoms with Crippen molar-refractivity contribution in [1.29, 1.82) is 0 Å². The standard InChI is InChI=1S/C15H20N2O2/c18-15(17-9-3-8-16-12-6-7-12)14-10-11-4-1-2-5-13(11)19-14/h1-2,4-5,12,14,16H,3,6-10H2,(H,17,18). The van der Waals surface area contributed by atoms with Crippen LogP contribution >= 0.6 is 0 Å². The van der Waals surface area contributed by atoms with E-state index < -0.39 is 0 Å². The van der Waals surface area contributed by atoms with E-state index in [-0.39, 0.29) is 12.0 Å². The average molecular weight is 260 g/mol. The minimum atomic E-state index is -0.353. The van der Waals surface area contributed by atoms with Crippen molar-refractivity contribution in [1.82, 2.24) is 10.6 Å². The van der Waals surface area contributed by atoms with Crippen LogP contribution in [0.15, 0.2) is 24.3 Å². The van der Waals surface area contributed by atoms with Crippen LogP contribution in [0.3, 0.4) is 0 Å². The number of benzene rings is 1. The second-order valence-corrected chi connectivity index (χ2v) is 5.29. The van der Waals surface area contributed by atoms with Crippen LogP contribution in [0.4, 0.5) is 0 Å². The minimum Gasteiger partial charge on any atom is -0.480 e. The molecule has 1 atom stereocenters. The molecule has 102 valence electrons. The first kappa shape index (κ1) is 12.5. The molecular formula is C15H20N2O2. The maximum Gasteiger partial charge on any atom is 0.261 e. The molecule has 0 spiro atoms. The van der Waals surface area contributed by atoms with Crippen molar-refractivity contribution in [3.8, 4) is 5.75 Å². The fourth-order valence-electron chi connectivity index (χ4n) is 2.34. The summed E-state index contributed by atoms with van der Waals surface area (Å²) in [6.45, 7) is 1.70. The maximum absolute atomic E-state index is 12.0. The summed E-state index contributed by atoms with van der Waals surface area (Å²) in [5.74, 6) is 0.848. The van der Waals surface area contributed by atoms with E-state index >= 15 is 0 Å². The van der Waals surface area contributed by atoms with Gasteiger partial charge in [0.1, 0.15) is 5.75 Å². The summed E-state index contributed by atoms with van der Waals surface area (Å²) in [4.78, 5) is 12.0. The molecule has 1 amide bonds. The topological polar surface area (TPSA) is 50.4 Å². The molecule has 0 radical (unpaired) electrons. The second kappa shape index (κ2) is 5.61. The number of hydrogen-bond donors (Lipinski definition) is 2. The summed E-state index contributed by atoms with van der Waals surface area (Å²) in [7, 11) is 0. The van der Waals surface area contributed by atoms with Gasteiger partial charge in [-0.25, -0.2) is 0 Å². The zero-order valence-corrected chi connectivity index (χ0v) is 11.0. The van der Waals surface area contributed by atoms with E-state index in [9.17, 15) is 4.79 Å². The van der Waals surface area contributed by atoms with Crippen molar-refractivity contribution in [2.75, 3.05) is 13.1 Å². The van der Waals surface area contributed by atoms with Crippen LogP contribution in [0.1, 0.15) is 24.8 Å². The Balaban J connectivity index is 1.37. The molecule has 1 fully saturated rings. The number of amides is 1. The van der Waals surface area contributed by atoms with Crippen LogP contribution in [0.25, 0.3) is 0 Å². The first-order valence-electron chi connectivity index (χ1n) is 7.08. The van der Waals surface area contributed by atoms with Crippen molar-refractivity contribution in [2.45, 2.75) is 37.8 Å². The Morgan fingerprint density at radius 3 is 2.89 bits per heavy atom. The van der Waals surface area contributed by atoms with E-state index in [1.165, 1.54) is 12.8 Å². The fourth-order valence-corrected chi connectivity index (χ4v) is 2.34. The van der Waals surface area contributed by atoms with Crippen LogP contribution in [0.5, 0.6) is 5.75 Å². The predicted octanol–water partition coefficient (Wildman–Crippen LogP) is 1.25. The highest BCUT2D eigenvalue weighted by atomic mass is 16.5. The molecule has 1 heterocycles.